The van der Waals surface area contributed by atoms with Crippen LogP contribution in [0, 0.1) is 0 Å². The van der Waals surface area contributed by atoms with Crippen LogP contribution in [-0.4, -0.2) is 26.7 Å². The zero-order valence-corrected chi connectivity index (χ0v) is 12.5. The van der Waals surface area contributed by atoms with Gasteiger partial charge in [0, 0.05) is 17.6 Å². The molecule has 1 aromatic rings. The number of benzene rings is 1. The molecule has 0 aliphatic rings. The van der Waals surface area contributed by atoms with E-state index in [9.17, 15) is 8.42 Å². The fraction of sp³-hybridized carbons (Fsp3) is 0.333. The highest BCUT2D eigenvalue weighted by molar-refractivity contribution is 9.10. The quantitative estimate of drug-likeness (QED) is 0.624. The lowest BCUT2D eigenvalue weighted by molar-refractivity contribution is 0.289. The van der Waals surface area contributed by atoms with Gasteiger partial charge in [-0.3, -0.25) is 0 Å². The first-order valence-corrected chi connectivity index (χ1v) is 7.67. The lowest BCUT2D eigenvalue weighted by Gasteiger charge is -2.09. The predicted molar refractivity (Wildman–Crippen MR) is 71.1 cm³/mol. The van der Waals surface area contributed by atoms with Crippen molar-refractivity contribution in [1.82, 2.24) is 4.72 Å². The summed E-state index contributed by atoms with van der Waals surface area (Å²) in [6.07, 6.45) is 0.345. The Balaban J connectivity index is 3.03. The Kier molecular flexibility index (Phi) is 5.69. The van der Waals surface area contributed by atoms with Gasteiger partial charge in [0.25, 0.3) is 0 Å². The molecule has 0 unspecified atom stereocenters. The molecule has 0 spiro atoms. The van der Waals surface area contributed by atoms with Crippen LogP contribution < -0.4 is 4.72 Å². The molecule has 8 heteroatoms. The maximum Gasteiger partial charge on any atom is 0.241 e. The Bertz CT molecular complexity index is 507. The smallest absolute Gasteiger partial charge is 0.241 e. The van der Waals surface area contributed by atoms with Gasteiger partial charge >= 0.3 is 0 Å². The molecule has 0 fully saturated rings. The monoisotopic (exact) mass is 361 g/mol. The van der Waals surface area contributed by atoms with Crippen LogP contribution >= 0.6 is 39.1 Å². The van der Waals surface area contributed by atoms with Crippen LogP contribution in [0.15, 0.2) is 21.5 Å². The number of hydrogen-bond acceptors (Lipinski definition) is 3. The average molecular weight is 363 g/mol. The lowest BCUT2D eigenvalue weighted by Crippen LogP contribution is -2.25. The molecular weight excluding hydrogens is 353 g/mol. The van der Waals surface area contributed by atoms with E-state index >= 15 is 0 Å². The van der Waals surface area contributed by atoms with Crippen LogP contribution in [0.25, 0.3) is 0 Å². The molecule has 0 aromatic heterocycles. The molecule has 0 heterocycles. The van der Waals surface area contributed by atoms with Crippen LogP contribution in [0.5, 0.6) is 0 Å². The van der Waals surface area contributed by atoms with Crippen molar-refractivity contribution in [3.63, 3.8) is 0 Å². The Morgan fingerprint density at radius 2 is 1.88 bits per heavy atom. The molecule has 2 N–H and O–H groups in total. The maximum absolute atomic E-state index is 11.9. The lowest BCUT2D eigenvalue weighted by atomic mass is 10.4. The predicted octanol–water partition coefficient (Wildman–Crippen LogP) is 2.42. The zero-order chi connectivity index (χ0) is 13.1. The van der Waals surface area contributed by atoms with Gasteiger partial charge in [-0.1, -0.05) is 23.2 Å². The molecule has 0 amide bonds. The third-order valence-corrected chi connectivity index (χ3v) is 5.03. The molecule has 0 aliphatic heterocycles. The minimum atomic E-state index is -3.65. The number of halogens is 3. The molecule has 1 rings (SSSR count). The summed E-state index contributed by atoms with van der Waals surface area (Å²) < 4.78 is 26.4. The van der Waals surface area contributed by atoms with Gasteiger partial charge in [0.2, 0.25) is 10.0 Å². The molecule has 96 valence electrons. The van der Waals surface area contributed by atoms with Crippen LogP contribution in [0.1, 0.15) is 6.42 Å². The molecule has 0 saturated heterocycles. The van der Waals surface area contributed by atoms with Crippen LogP contribution in [0.4, 0.5) is 0 Å². The van der Waals surface area contributed by atoms with Gasteiger partial charge in [-0.25, -0.2) is 13.1 Å². The summed E-state index contributed by atoms with van der Waals surface area (Å²) in [5.74, 6) is 0. The molecule has 4 nitrogen and oxygen atoms in total. The highest BCUT2D eigenvalue weighted by Crippen LogP contribution is 2.31. The second-order valence-corrected chi connectivity index (χ2v) is 6.58. The van der Waals surface area contributed by atoms with Gasteiger partial charge in [-0.15, -0.1) is 0 Å². The van der Waals surface area contributed by atoms with Crippen molar-refractivity contribution in [1.29, 1.82) is 0 Å². The zero-order valence-electron chi connectivity index (χ0n) is 8.58. The van der Waals surface area contributed by atoms with E-state index in [1.807, 2.05) is 0 Å². The van der Waals surface area contributed by atoms with Crippen molar-refractivity contribution in [2.75, 3.05) is 13.2 Å². The number of nitrogens with one attached hydrogen (secondary N) is 1. The highest BCUT2D eigenvalue weighted by Gasteiger charge is 2.18. The van der Waals surface area contributed by atoms with E-state index in [4.69, 9.17) is 28.3 Å². The molecule has 0 bridgehead atoms. The second-order valence-electron chi connectivity index (χ2n) is 3.17. The summed E-state index contributed by atoms with van der Waals surface area (Å²) in [7, 11) is -3.65. The van der Waals surface area contributed by atoms with E-state index in [0.29, 0.717) is 10.9 Å². The molecule has 0 aliphatic carbocycles. The van der Waals surface area contributed by atoms with E-state index in [1.165, 1.54) is 12.1 Å². The molecule has 1 aromatic carbocycles. The third kappa shape index (κ3) is 4.08. The molecule has 17 heavy (non-hydrogen) atoms. The van der Waals surface area contributed by atoms with E-state index in [2.05, 4.69) is 20.7 Å². The van der Waals surface area contributed by atoms with Crippen molar-refractivity contribution in [2.24, 2.45) is 0 Å². The van der Waals surface area contributed by atoms with Crippen LogP contribution in [0.2, 0.25) is 10.0 Å². The summed E-state index contributed by atoms with van der Waals surface area (Å²) in [4.78, 5) is 0.0184. The van der Waals surface area contributed by atoms with Crippen molar-refractivity contribution >= 4 is 49.2 Å². The summed E-state index contributed by atoms with van der Waals surface area (Å²) in [6.45, 7) is 0.0799. The van der Waals surface area contributed by atoms with Crippen molar-refractivity contribution in [2.45, 2.75) is 11.3 Å². The largest absolute Gasteiger partial charge is 0.396 e. The van der Waals surface area contributed by atoms with Crippen LogP contribution in [-0.2, 0) is 10.0 Å². The fourth-order valence-corrected chi connectivity index (χ4v) is 3.74. The van der Waals surface area contributed by atoms with Gasteiger partial charge in [0.1, 0.15) is 0 Å². The second kappa shape index (κ2) is 6.36. The van der Waals surface area contributed by atoms with Gasteiger partial charge in [-0.2, -0.15) is 0 Å². The first kappa shape index (κ1) is 15.2. The van der Waals surface area contributed by atoms with E-state index in [-0.39, 0.29) is 28.1 Å². The van der Waals surface area contributed by atoms with Gasteiger partial charge in [0.15, 0.2) is 0 Å². The minimum Gasteiger partial charge on any atom is -0.396 e. The van der Waals surface area contributed by atoms with E-state index in [1.54, 1.807) is 0 Å². The summed E-state index contributed by atoms with van der Waals surface area (Å²) in [5.41, 5.74) is 0. The molecule has 0 atom stereocenters. The number of hydrogen-bond donors (Lipinski definition) is 2. The Hall–Kier alpha value is 0.150. The van der Waals surface area contributed by atoms with Crippen molar-refractivity contribution in [3.05, 3.63) is 26.7 Å². The summed E-state index contributed by atoms with van der Waals surface area (Å²) in [6, 6.07) is 2.69. The Morgan fingerprint density at radius 3 is 2.47 bits per heavy atom. The number of rotatable bonds is 5. The number of aliphatic hydroxyl groups is 1. The number of aliphatic hydroxyl groups excluding tert-OH is 1. The normalized spacial score (nSPS) is 11.8. The van der Waals surface area contributed by atoms with Crippen molar-refractivity contribution < 1.29 is 13.5 Å². The summed E-state index contributed by atoms with van der Waals surface area (Å²) >= 11 is 14.6. The molecule has 0 radical (unpaired) electrons. The first-order chi connectivity index (χ1) is 7.88. The Labute approximate surface area is 118 Å². The number of sulfonamides is 1. The standard InChI is InChI=1S/C9H10BrCl2NO3S/c10-6-4-7(11)8(12)5-9(6)17(15,16)13-2-1-3-14/h4-5,13-14H,1-3H2. The van der Waals surface area contributed by atoms with Crippen molar-refractivity contribution in [3.8, 4) is 0 Å². The SMILES string of the molecule is O=S(=O)(NCCCO)c1cc(Cl)c(Cl)cc1Br. The molecular formula is C9H10BrCl2NO3S. The van der Waals surface area contributed by atoms with Crippen LogP contribution in [0.3, 0.4) is 0 Å². The van der Waals surface area contributed by atoms with E-state index < -0.39 is 10.0 Å². The van der Waals surface area contributed by atoms with Gasteiger partial charge < -0.3 is 5.11 Å². The minimum absolute atomic E-state index is 0.0184. The average Bonchev–Trinajstić information content (AvgIpc) is 2.23. The Morgan fingerprint density at radius 1 is 1.29 bits per heavy atom. The van der Waals surface area contributed by atoms with Gasteiger partial charge in [-0.05, 0) is 34.5 Å². The fourth-order valence-electron chi connectivity index (χ4n) is 1.07. The topological polar surface area (TPSA) is 66.4 Å². The first-order valence-electron chi connectivity index (χ1n) is 4.63. The third-order valence-electron chi connectivity index (χ3n) is 1.89. The molecule has 0 saturated carbocycles. The highest BCUT2D eigenvalue weighted by atomic mass is 79.9. The van der Waals surface area contributed by atoms with Gasteiger partial charge in [0.05, 0.1) is 14.9 Å². The maximum atomic E-state index is 11.9. The summed E-state index contributed by atoms with van der Waals surface area (Å²) in [5, 5.41) is 9.02. The van der Waals surface area contributed by atoms with E-state index in [0.717, 1.165) is 0 Å².